The largest absolute Gasteiger partial charge is 0.416 e. The van der Waals surface area contributed by atoms with Gasteiger partial charge in [0.2, 0.25) is 0 Å². The van der Waals surface area contributed by atoms with E-state index in [9.17, 15) is 18.0 Å². The molecule has 2 N–H and O–H groups in total. The molecule has 0 unspecified atom stereocenters. The Bertz CT molecular complexity index is 925. The van der Waals surface area contributed by atoms with E-state index in [0.717, 1.165) is 44.6 Å². The summed E-state index contributed by atoms with van der Waals surface area (Å²) in [6, 6.07) is 13.2. The van der Waals surface area contributed by atoms with Gasteiger partial charge in [0.25, 0.3) is 0 Å². The highest BCUT2D eigenvalue weighted by Gasteiger charge is 2.32. The molecule has 0 saturated carbocycles. The molecule has 2 saturated heterocycles. The molecule has 0 atom stereocenters. The number of nitrogens with one attached hydrogen (secondary N) is 2. The Balaban J connectivity index is 1.36. The predicted octanol–water partition coefficient (Wildman–Crippen LogP) is 4.33. The Morgan fingerprint density at radius 2 is 1.70 bits per heavy atom. The SMILES string of the molecule is O=C(Nc1cc(C(F)(F)F)ccc1N1CCOCC1)NC1CCN(Cc2ccccc2)CC1. The molecule has 2 aliphatic heterocycles. The first-order valence-corrected chi connectivity index (χ1v) is 11.3. The van der Waals surface area contributed by atoms with E-state index in [1.807, 2.05) is 23.1 Å². The molecule has 2 aliphatic rings. The average Bonchev–Trinajstić information content (AvgIpc) is 2.81. The Kier molecular flexibility index (Phi) is 7.39. The van der Waals surface area contributed by atoms with Crippen molar-refractivity contribution in [3.05, 3.63) is 59.7 Å². The number of ether oxygens (including phenoxy) is 1. The van der Waals surface area contributed by atoms with Gasteiger partial charge in [-0.2, -0.15) is 13.2 Å². The van der Waals surface area contributed by atoms with Crippen molar-refractivity contribution in [1.82, 2.24) is 10.2 Å². The van der Waals surface area contributed by atoms with Gasteiger partial charge in [-0.3, -0.25) is 4.90 Å². The first kappa shape index (κ1) is 23.4. The normalized spacial score (nSPS) is 18.2. The monoisotopic (exact) mass is 462 g/mol. The Morgan fingerprint density at radius 3 is 2.36 bits per heavy atom. The molecule has 2 amide bonds. The highest BCUT2D eigenvalue weighted by molar-refractivity contribution is 5.93. The Labute approximate surface area is 191 Å². The van der Waals surface area contributed by atoms with Crippen LogP contribution in [0.4, 0.5) is 29.3 Å². The minimum Gasteiger partial charge on any atom is -0.378 e. The van der Waals surface area contributed by atoms with Crippen molar-refractivity contribution in [3.8, 4) is 0 Å². The Morgan fingerprint density at radius 1 is 1.00 bits per heavy atom. The number of likely N-dealkylation sites (tertiary alicyclic amines) is 1. The summed E-state index contributed by atoms with van der Waals surface area (Å²) in [4.78, 5) is 17.0. The van der Waals surface area contributed by atoms with E-state index < -0.39 is 17.8 Å². The van der Waals surface area contributed by atoms with Crippen LogP contribution >= 0.6 is 0 Å². The minimum atomic E-state index is -4.48. The van der Waals surface area contributed by atoms with E-state index in [1.54, 1.807) is 0 Å². The first-order valence-electron chi connectivity index (χ1n) is 11.3. The summed E-state index contributed by atoms with van der Waals surface area (Å²) in [7, 11) is 0. The summed E-state index contributed by atoms with van der Waals surface area (Å²) in [5.74, 6) is 0. The number of benzene rings is 2. The number of morpholine rings is 1. The van der Waals surface area contributed by atoms with Gasteiger partial charge in [0, 0.05) is 38.8 Å². The zero-order valence-corrected chi connectivity index (χ0v) is 18.4. The summed E-state index contributed by atoms with van der Waals surface area (Å²) in [5, 5.41) is 5.61. The van der Waals surface area contributed by atoms with Crippen LogP contribution in [0.1, 0.15) is 24.0 Å². The number of rotatable bonds is 5. The van der Waals surface area contributed by atoms with Crippen LogP contribution in [0.15, 0.2) is 48.5 Å². The third kappa shape index (κ3) is 6.39. The maximum absolute atomic E-state index is 13.3. The molecular formula is C24H29F3N4O2. The van der Waals surface area contributed by atoms with Gasteiger partial charge in [0.15, 0.2) is 0 Å². The molecule has 0 radical (unpaired) electrons. The third-order valence-electron chi connectivity index (χ3n) is 6.10. The van der Waals surface area contributed by atoms with Crippen molar-refractivity contribution < 1.29 is 22.7 Å². The fourth-order valence-corrected chi connectivity index (χ4v) is 4.31. The highest BCUT2D eigenvalue weighted by Crippen LogP contribution is 2.35. The summed E-state index contributed by atoms with van der Waals surface area (Å²) < 4.78 is 45.2. The maximum atomic E-state index is 13.3. The van der Waals surface area contributed by atoms with Gasteiger partial charge in [-0.25, -0.2) is 4.79 Å². The van der Waals surface area contributed by atoms with Gasteiger partial charge in [-0.05, 0) is 36.6 Å². The third-order valence-corrected chi connectivity index (χ3v) is 6.10. The van der Waals surface area contributed by atoms with Crippen LogP contribution in [-0.2, 0) is 17.5 Å². The second kappa shape index (κ2) is 10.4. The lowest BCUT2D eigenvalue weighted by Gasteiger charge is -2.33. The fourth-order valence-electron chi connectivity index (χ4n) is 4.31. The number of hydrogen-bond donors (Lipinski definition) is 2. The van der Waals surface area contributed by atoms with Crippen LogP contribution in [0, 0.1) is 0 Å². The summed E-state index contributed by atoms with van der Waals surface area (Å²) >= 11 is 0. The first-order chi connectivity index (χ1) is 15.9. The van der Waals surface area contributed by atoms with E-state index in [4.69, 9.17) is 4.74 Å². The molecule has 0 spiro atoms. The van der Waals surface area contributed by atoms with Gasteiger partial charge in [0.05, 0.1) is 30.2 Å². The topological polar surface area (TPSA) is 56.8 Å². The van der Waals surface area contributed by atoms with Gasteiger partial charge < -0.3 is 20.3 Å². The lowest BCUT2D eigenvalue weighted by Crippen LogP contribution is -2.46. The Hall–Kier alpha value is -2.78. The standard InChI is InChI=1S/C24H29F3N4O2/c25-24(26,27)19-6-7-22(31-12-14-33-15-13-31)21(16-19)29-23(32)28-20-8-10-30(11-9-20)17-18-4-2-1-3-5-18/h1-7,16,20H,8-15,17H2,(H2,28,29,32). The zero-order chi connectivity index (χ0) is 23.3. The molecule has 0 aromatic heterocycles. The van der Waals surface area contributed by atoms with Crippen LogP contribution < -0.4 is 15.5 Å². The molecule has 0 bridgehead atoms. The van der Waals surface area contributed by atoms with Crippen LogP contribution in [0.5, 0.6) is 0 Å². The number of amides is 2. The smallest absolute Gasteiger partial charge is 0.378 e. The van der Waals surface area contributed by atoms with Crippen LogP contribution in [0.3, 0.4) is 0 Å². The molecule has 4 rings (SSSR count). The van der Waals surface area contributed by atoms with Gasteiger partial charge in [0.1, 0.15) is 0 Å². The average molecular weight is 463 g/mol. The predicted molar refractivity (Wildman–Crippen MR) is 121 cm³/mol. The van der Waals surface area contributed by atoms with Crippen molar-refractivity contribution in [2.24, 2.45) is 0 Å². The molecule has 0 aliphatic carbocycles. The van der Waals surface area contributed by atoms with E-state index in [2.05, 4.69) is 27.7 Å². The number of urea groups is 1. The molecule has 2 aromatic carbocycles. The molecule has 2 aromatic rings. The van der Waals surface area contributed by atoms with E-state index in [1.165, 1.54) is 11.6 Å². The van der Waals surface area contributed by atoms with Crippen molar-refractivity contribution in [2.45, 2.75) is 31.6 Å². The van der Waals surface area contributed by atoms with Crippen LogP contribution in [0.2, 0.25) is 0 Å². The van der Waals surface area contributed by atoms with Crippen molar-refractivity contribution in [2.75, 3.05) is 49.6 Å². The van der Waals surface area contributed by atoms with E-state index in [-0.39, 0.29) is 11.7 Å². The maximum Gasteiger partial charge on any atom is 0.416 e. The van der Waals surface area contributed by atoms with Crippen LogP contribution in [-0.4, -0.2) is 56.4 Å². The number of halogens is 3. The van der Waals surface area contributed by atoms with Crippen LogP contribution in [0.25, 0.3) is 0 Å². The number of alkyl halides is 3. The van der Waals surface area contributed by atoms with Crippen molar-refractivity contribution in [1.29, 1.82) is 0 Å². The number of piperidine rings is 1. The molecule has 2 fully saturated rings. The lowest BCUT2D eigenvalue weighted by atomic mass is 10.0. The van der Waals surface area contributed by atoms with Gasteiger partial charge >= 0.3 is 12.2 Å². The highest BCUT2D eigenvalue weighted by atomic mass is 19.4. The number of anilines is 2. The van der Waals surface area contributed by atoms with Gasteiger partial charge in [-0.15, -0.1) is 0 Å². The number of carbonyl (C=O) groups excluding carboxylic acids is 1. The number of nitrogens with zero attached hydrogens (tertiary/aromatic N) is 2. The summed E-state index contributed by atoms with van der Waals surface area (Å²) in [5.41, 5.74) is 1.19. The van der Waals surface area contributed by atoms with Gasteiger partial charge in [-0.1, -0.05) is 30.3 Å². The molecule has 2 heterocycles. The molecule has 178 valence electrons. The molecular weight excluding hydrogens is 433 g/mol. The van der Waals surface area contributed by atoms with E-state index in [0.29, 0.717) is 32.0 Å². The number of hydrogen-bond acceptors (Lipinski definition) is 4. The zero-order valence-electron chi connectivity index (χ0n) is 18.4. The summed E-state index contributed by atoms with van der Waals surface area (Å²) in [6.45, 7) is 4.67. The fraction of sp³-hybridized carbons (Fsp3) is 0.458. The summed E-state index contributed by atoms with van der Waals surface area (Å²) in [6.07, 6.45) is -2.90. The van der Waals surface area contributed by atoms with E-state index >= 15 is 0 Å². The van der Waals surface area contributed by atoms with Crippen molar-refractivity contribution in [3.63, 3.8) is 0 Å². The quantitative estimate of drug-likeness (QED) is 0.695. The number of carbonyl (C=O) groups is 1. The molecule has 33 heavy (non-hydrogen) atoms. The lowest BCUT2D eigenvalue weighted by molar-refractivity contribution is -0.137. The van der Waals surface area contributed by atoms with Crippen molar-refractivity contribution >= 4 is 17.4 Å². The minimum absolute atomic E-state index is 0.0188. The second-order valence-electron chi connectivity index (χ2n) is 8.46. The molecule has 6 nitrogen and oxygen atoms in total. The molecule has 9 heteroatoms. The second-order valence-corrected chi connectivity index (χ2v) is 8.46.